The number of non-ortho nitro benzene ring substituents is 1. The summed E-state index contributed by atoms with van der Waals surface area (Å²) in [7, 11) is 0. The van der Waals surface area contributed by atoms with Gasteiger partial charge in [-0.3, -0.25) is 10.1 Å². The van der Waals surface area contributed by atoms with Gasteiger partial charge in [-0.25, -0.2) is 4.98 Å². The van der Waals surface area contributed by atoms with E-state index in [1.165, 1.54) is 12.1 Å². The van der Waals surface area contributed by atoms with Gasteiger partial charge in [-0.15, -0.1) is 0 Å². The number of aryl methyl sites for hydroxylation is 1. The molecule has 0 saturated heterocycles. The fourth-order valence-corrected chi connectivity index (χ4v) is 1.26. The second kappa shape index (κ2) is 3.65. The molecule has 0 fully saturated rings. The molecule has 2 N–H and O–H groups in total. The number of nitrogen functional groups attached to an aromatic ring is 1. The Morgan fingerprint density at radius 3 is 2.44 bits per heavy atom. The largest absolute Gasteiger partial charge is 0.421 e. The summed E-state index contributed by atoms with van der Waals surface area (Å²) in [6.07, 6.45) is 0. The molecule has 0 spiro atoms. The minimum absolute atomic E-state index is 0.0278. The van der Waals surface area contributed by atoms with Crippen molar-refractivity contribution in [3.8, 4) is 11.5 Å². The summed E-state index contributed by atoms with van der Waals surface area (Å²) in [5, 5.41) is 10.5. The van der Waals surface area contributed by atoms with E-state index in [2.05, 4.69) is 4.98 Å². The average Bonchev–Trinajstić information content (AvgIpc) is 2.59. The number of oxazole rings is 1. The maximum atomic E-state index is 10.5. The summed E-state index contributed by atoms with van der Waals surface area (Å²) < 4.78 is 5.20. The summed E-state index contributed by atoms with van der Waals surface area (Å²) in [5.74, 6) is 0.623. The van der Waals surface area contributed by atoms with E-state index < -0.39 is 4.92 Å². The molecular weight excluding hydrogens is 210 g/mol. The fourth-order valence-electron chi connectivity index (χ4n) is 1.26. The topological polar surface area (TPSA) is 95.2 Å². The van der Waals surface area contributed by atoms with E-state index in [0.717, 1.165) is 0 Å². The summed E-state index contributed by atoms with van der Waals surface area (Å²) >= 11 is 0. The highest BCUT2D eigenvalue weighted by atomic mass is 16.6. The van der Waals surface area contributed by atoms with E-state index in [9.17, 15) is 10.1 Å². The Labute approximate surface area is 90.9 Å². The van der Waals surface area contributed by atoms with Crippen molar-refractivity contribution < 1.29 is 9.34 Å². The normalized spacial score (nSPS) is 10.3. The van der Waals surface area contributed by atoms with Crippen LogP contribution in [0.1, 0.15) is 5.69 Å². The van der Waals surface area contributed by atoms with Crippen molar-refractivity contribution in [1.82, 2.24) is 4.98 Å². The van der Waals surface area contributed by atoms with Gasteiger partial charge in [0, 0.05) is 17.7 Å². The molecule has 82 valence electrons. The lowest BCUT2D eigenvalue weighted by molar-refractivity contribution is -0.384. The van der Waals surface area contributed by atoms with E-state index in [0.29, 0.717) is 17.1 Å². The molecular formula is C10H9N3O3. The van der Waals surface area contributed by atoms with E-state index >= 15 is 0 Å². The van der Waals surface area contributed by atoms with Gasteiger partial charge in [0.1, 0.15) is 5.69 Å². The van der Waals surface area contributed by atoms with Crippen molar-refractivity contribution in [1.29, 1.82) is 0 Å². The third-order valence-corrected chi connectivity index (χ3v) is 2.16. The first kappa shape index (κ1) is 10.2. The van der Waals surface area contributed by atoms with E-state index in [1.54, 1.807) is 19.1 Å². The molecule has 0 aliphatic rings. The molecule has 0 bridgehead atoms. The zero-order valence-corrected chi connectivity index (χ0v) is 8.51. The number of hydrogen-bond acceptors (Lipinski definition) is 5. The molecule has 6 nitrogen and oxygen atoms in total. The van der Waals surface area contributed by atoms with Crippen molar-refractivity contribution in [2.45, 2.75) is 6.92 Å². The van der Waals surface area contributed by atoms with Gasteiger partial charge in [0.15, 0.2) is 0 Å². The minimum atomic E-state index is -0.459. The van der Waals surface area contributed by atoms with Crippen LogP contribution in [0, 0.1) is 17.0 Å². The van der Waals surface area contributed by atoms with Gasteiger partial charge in [-0.2, -0.15) is 0 Å². The number of nitrogens with zero attached hydrogens (tertiary/aromatic N) is 2. The summed E-state index contributed by atoms with van der Waals surface area (Å²) in [4.78, 5) is 14.1. The predicted molar refractivity (Wildman–Crippen MR) is 57.7 cm³/mol. The molecule has 1 heterocycles. The third kappa shape index (κ3) is 1.72. The van der Waals surface area contributed by atoms with Gasteiger partial charge in [-0.05, 0) is 19.1 Å². The lowest BCUT2D eigenvalue weighted by atomic mass is 10.2. The molecule has 0 unspecified atom stereocenters. The Morgan fingerprint density at radius 2 is 2.00 bits per heavy atom. The molecule has 2 aromatic rings. The predicted octanol–water partition coefficient (Wildman–Crippen LogP) is 2.14. The second-order valence-corrected chi connectivity index (χ2v) is 3.27. The number of nitrogens with two attached hydrogens (primary N) is 1. The molecule has 0 aliphatic carbocycles. The first-order valence-electron chi connectivity index (χ1n) is 4.55. The van der Waals surface area contributed by atoms with E-state index in [-0.39, 0.29) is 11.6 Å². The van der Waals surface area contributed by atoms with Crippen molar-refractivity contribution in [3.63, 3.8) is 0 Å². The highest BCUT2D eigenvalue weighted by Crippen LogP contribution is 2.24. The number of nitro benzene ring substituents is 1. The van der Waals surface area contributed by atoms with Gasteiger partial charge in [0.2, 0.25) is 11.8 Å². The van der Waals surface area contributed by atoms with Crippen LogP contribution in [-0.2, 0) is 0 Å². The van der Waals surface area contributed by atoms with Gasteiger partial charge in [0.05, 0.1) is 4.92 Å². The molecule has 0 aliphatic heterocycles. The van der Waals surface area contributed by atoms with Crippen molar-refractivity contribution >= 4 is 11.6 Å². The number of anilines is 1. The maximum absolute atomic E-state index is 10.5. The zero-order chi connectivity index (χ0) is 11.7. The number of hydrogen-bond donors (Lipinski definition) is 1. The van der Waals surface area contributed by atoms with Crippen LogP contribution in [0.2, 0.25) is 0 Å². The standard InChI is InChI=1S/C10H9N3O3/c1-6-9(11)16-10(12-6)7-2-4-8(5-3-7)13(14)15/h2-5H,11H2,1H3. The Morgan fingerprint density at radius 1 is 1.38 bits per heavy atom. The van der Waals surface area contributed by atoms with Gasteiger partial charge < -0.3 is 10.2 Å². The number of nitro groups is 1. The van der Waals surface area contributed by atoms with E-state index in [1.807, 2.05) is 0 Å². The molecule has 1 aromatic heterocycles. The molecule has 6 heteroatoms. The fraction of sp³-hybridized carbons (Fsp3) is 0.100. The highest BCUT2D eigenvalue weighted by molar-refractivity contribution is 5.57. The summed E-state index contributed by atoms with van der Waals surface area (Å²) in [5.41, 5.74) is 6.81. The highest BCUT2D eigenvalue weighted by Gasteiger charge is 2.10. The Bertz CT molecular complexity index is 511. The van der Waals surface area contributed by atoms with Crippen LogP contribution in [0.15, 0.2) is 28.7 Å². The number of aromatic nitrogens is 1. The van der Waals surface area contributed by atoms with Crippen LogP contribution in [0.5, 0.6) is 0 Å². The molecule has 0 saturated carbocycles. The molecule has 16 heavy (non-hydrogen) atoms. The van der Waals surface area contributed by atoms with E-state index in [4.69, 9.17) is 10.2 Å². The Balaban J connectivity index is 2.38. The third-order valence-electron chi connectivity index (χ3n) is 2.16. The molecule has 0 radical (unpaired) electrons. The van der Waals surface area contributed by atoms with Gasteiger partial charge >= 0.3 is 0 Å². The molecule has 0 amide bonds. The van der Waals surface area contributed by atoms with Crippen LogP contribution in [0.25, 0.3) is 11.5 Å². The first-order valence-corrected chi connectivity index (χ1v) is 4.55. The van der Waals surface area contributed by atoms with Gasteiger partial charge in [-0.1, -0.05) is 0 Å². The van der Waals surface area contributed by atoms with Crippen molar-refractivity contribution in [2.75, 3.05) is 5.73 Å². The number of benzene rings is 1. The SMILES string of the molecule is Cc1nc(-c2ccc([N+](=O)[O-])cc2)oc1N. The lowest BCUT2D eigenvalue weighted by Gasteiger charge is -1.94. The van der Waals surface area contributed by atoms with Crippen LogP contribution < -0.4 is 5.73 Å². The van der Waals surface area contributed by atoms with Gasteiger partial charge in [0.25, 0.3) is 5.69 Å². The quantitative estimate of drug-likeness (QED) is 0.616. The maximum Gasteiger partial charge on any atom is 0.269 e. The summed E-state index contributed by atoms with van der Waals surface area (Å²) in [6, 6.07) is 5.93. The monoisotopic (exact) mass is 219 g/mol. The zero-order valence-electron chi connectivity index (χ0n) is 8.51. The Hall–Kier alpha value is -2.37. The van der Waals surface area contributed by atoms with Crippen molar-refractivity contribution in [3.05, 3.63) is 40.1 Å². The second-order valence-electron chi connectivity index (χ2n) is 3.27. The smallest absolute Gasteiger partial charge is 0.269 e. The van der Waals surface area contributed by atoms with Crippen LogP contribution in [-0.4, -0.2) is 9.91 Å². The van der Waals surface area contributed by atoms with Crippen LogP contribution in [0.4, 0.5) is 11.6 Å². The lowest BCUT2D eigenvalue weighted by Crippen LogP contribution is -1.87. The summed E-state index contributed by atoms with van der Waals surface area (Å²) in [6.45, 7) is 1.73. The number of rotatable bonds is 2. The molecule has 0 atom stereocenters. The van der Waals surface area contributed by atoms with Crippen molar-refractivity contribution in [2.24, 2.45) is 0 Å². The average molecular weight is 219 g/mol. The minimum Gasteiger partial charge on any atom is -0.421 e. The first-order chi connectivity index (χ1) is 7.58. The Kier molecular flexibility index (Phi) is 2.32. The van der Waals surface area contributed by atoms with Crippen LogP contribution >= 0.6 is 0 Å². The van der Waals surface area contributed by atoms with Crippen LogP contribution in [0.3, 0.4) is 0 Å². The molecule has 2 rings (SSSR count). The molecule has 1 aromatic carbocycles.